The smallest absolute Gasteiger partial charge is 0.222 e. The van der Waals surface area contributed by atoms with Crippen LogP contribution >= 0.6 is 0 Å². The molecule has 0 atom stereocenters. The quantitative estimate of drug-likeness (QED) is 0.533. The van der Waals surface area contributed by atoms with Gasteiger partial charge in [-0.2, -0.15) is 0 Å². The zero-order valence-corrected chi connectivity index (χ0v) is 13.4. The van der Waals surface area contributed by atoms with Crippen LogP contribution in [-0.4, -0.2) is 37.1 Å². The lowest BCUT2D eigenvalue weighted by molar-refractivity contribution is -0.130. The third kappa shape index (κ3) is 8.57. The zero-order valence-electron chi connectivity index (χ0n) is 13.4. The van der Waals surface area contributed by atoms with Crippen molar-refractivity contribution in [3.63, 3.8) is 0 Å². The normalized spacial score (nSPS) is 16.4. The maximum atomic E-state index is 11.8. The molecule has 1 saturated heterocycles. The number of hydrogen-bond donors (Lipinski definition) is 0. The summed E-state index contributed by atoms with van der Waals surface area (Å²) >= 11 is 0. The minimum Gasteiger partial charge on any atom is -0.381 e. The number of nitrogens with zero attached hydrogens (tertiary/aromatic N) is 1. The van der Waals surface area contributed by atoms with E-state index >= 15 is 0 Å². The number of carbonyl (C=O) groups is 1. The van der Waals surface area contributed by atoms with Crippen molar-refractivity contribution in [2.75, 3.05) is 26.3 Å². The predicted octanol–water partition coefficient (Wildman–Crippen LogP) is 4.16. The summed E-state index contributed by atoms with van der Waals surface area (Å²) in [4.78, 5) is 13.8. The summed E-state index contributed by atoms with van der Waals surface area (Å²) in [6.07, 6.45) is 13.1. The molecule has 0 saturated carbocycles. The average Bonchev–Trinajstić information content (AvgIpc) is 2.66. The highest BCUT2D eigenvalue weighted by atomic mass is 16.5. The first-order valence-corrected chi connectivity index (χ1v) is 8.70. The van der Waals surface area contributed by atoms with Crippen molar-refractivity contribution in [1.82, 2.24) is 4.90 Å². The van der Waals surface area contributed by atoms with E-state index in [1.54, 1.807) is 0 Å². The molecule has 0 aromatic rings. The lowest BCUT2D eigenvalue weighted by Crippen LogP contribution is -2.31. The minimum absolute atomic E-state index is 0.346. The van der Waals surface area contributed by atoms with Gasteiger partial charge < -0.3 is 9.64 Å². The average molecular weight is 283 g/mol. The molecule has 20 heavy (non-hydrogen) atoms. The number of hydrogen-bond acceptors (Lipinski definition) is 2. The highest BCUT2D eigenvalue weighted by molar-refractivity contribution is 5.76. The summed E-state index contributed by atoms with van der Waals surface area (Å²) in [5, 5.41) is 0. The SMILES string of the molecule is CCCCCCCCOCCCN1CCCCCC1=O. The summed E-state index contributed by atoms with van der Waals surface area (Å²) in [6, 6.07) is 0. The van der Waals surface area contributed by atoms with Crippen LogP contribution in [0.3, 0.4) is 0 Å². The van der Waals surface area contributed by atoms with Gasteiger partial charge in [0.25, 0.3) is 0 Å². The molecule has 0 unspecified atom stereocenters. The highest BCUT2D eigenvalue weighted by Crippen LogP contribution is 2.11. The highest BCUT2D eigenvalue weighted by Gasteiger charge is 2.15. The van der Waals surface area contributed by atoms with Crippen LogP contribution in [0, 0.1) is 0 Å². The first kappa shape index (κ1) is 17.5. The van der Waals surface area contributed by atoms with Gasteiger partial charge in [0.05, 0.1) is 0 Å². The van der Waals surface area contributed by atoms with E-state index in [2.05, 4.69) is 6.92 Å². The Hall–Kier alpha value is -0.570. The third-order valence-electron chi connectivity index (χ3n) is 4.03. The van der Waals surface area contributed by atoms with Crippen LogP contribution in [0.4, 0.5) is 0 Å². The van der Waals surface area contributed by atoms with Crippen molar-refractivity contribution in [3.8, 4) is 0 Å². The first-order chi connectivity index (χ1) is 9.84. The number of carbonyl (C=O) groups excluding carboxylic acids is 1. The van der Waals surface area contributed by atoms with E-state index < -0.39 is 0 Å². The number of rotatable bonds is 11. The van der Waals surface area contributed by atoms with E-state index in [4.69, 9.17) is 4.74 Å². The van der Waals surface area contributed by atoms with Gasteiger partial charge in [0.2, 0.25) is 5.91 Å². The van der Waals surface area contributed by atoms with Gasteiger partial charge in [0.1, 0.15) is 0 Å². The molecule has 1 rings (SSSR count). The van der Waals surface area contributed by atoms with Crippen LogP contribution in [0.5, 0.6) is 0 Å². The van der Waals surface area contributed by atoms with Crippen LogP contribution in [0.2, 0.25) is 0 Å². The van der Waals surface area contributed by atoms with Crippen molar-refractivity contribution >= 4 is 5.91 Å². The van der Waals surface area contributed by atoms with Crippen LogP contribution in [-0.2, 0) is 9.53 Å². The maximum Gasteiger partial charge on any atom is 0.222 e. The lowest BCUT2D eigenvalue weighted by Gasteiger charge is -2.20. The fraction of sp³-hybridized carbons (Fsp3) is 0.941. The third-order valence-corrected chi connectivity index (χ3v) is 4.03. The van der Waals surface area contributed by atoms with Crippen molar-refractivity contribution < 1.29 is 9.53 Å². The van der Waals surface area contributed by atoms with Crippen LogP contribution in [0.15, 0.2) is 0 Å². The second kappa shape index (κ2) is 12.2. The Kier molecular flexibility index (Phi) is 10.7. The molecule has 1 heterocycles. The van der Waals surface area contributed by atoms with E-state index in [1.807, 2.05) is 4.90 Å². The van der Waals surface area contributed by atoms with E-state index in [1.165, 1.54) is 51.4 Å². The summed E-state index contributed by atoms with van der Waals surface area (Å²) in [6.45, 7) is 5.78. The van der Waals surface area contributed by atoms with Gasteiger partial charge in [-0.25, -0.2) is 0 Å². The predicted molar refractivity (Wildman–Crippen MR) is 83.9 cm³/mol. The standard InChI is InChI=1S/C17H33NO2/c1-2-3-4-5-6-10-15-20-16-11-14-18-13-9-7-8-12-17(18)19/h2-16H2,1H3. The molecule has 1 aliphatic heterocycles. The summed E-state index contributed by atoms with van der Waals surface area (Å²) in [7, 11) is 0. The van der Waals surface area contributed by atoms with Gasteiger partial charge in [-0.15, -0.1) is 0 Å². The van der Waals surface area contributed by atoms with E-state index in [-0.39, 0.29) is 0 Å². The molecule has 1 aliphatic rings. The molecule has 0 bridgehead atoms. The van der Waals surface area contributed by atoms with Crippen LogP contribution in [0.25, 0.3) is 0 Å². The molecule has 118 valence electrons. The Morgan fingerprint density at radius 3 is 2.55 bits per heavy atom. The van der Waals surface area contributed by atoms with Crippen LogP contribution in [0.1, 0.15) is 77.6 Å². The molecule has 0 radical (unpaired) electrons. The largest absolute Gasteiger partial charge is 0.381 e. The molecule has 0 N–H and O–H groups in total. The fourth-order valence-corrected chi connectivity index (χ4v) is 2.72. The Balaban J connectivity index is 1.87. The second-order valence-corrected chi connectivity index (χ2v) is 5.93. The Morgan fingerprint density at radius 1 is 0.950 bits per heavy atom. The minimum atomic E-state index is 0.346. The van der Waals surface area contributed by atoms with E-state index in [0.29, 0.717) is 5.91 Å². The van der Waals surface area contributed by atoms with Crippen molar-refractivity contribution in [1.29, 1.82) is 0 Å². The molecular formula is C17H33NO2. The topological polar surface area (TPSA) is 29.5 Å². The van der Waals surface area contributed by atoms with Gasteiger partial charge in [0.15, 0.2) is 0 Å². The first-order valence-electron chi connectivity index (χ1n) is 8.70. The molecule has 0 aromatic heterocycles. The fourth-order valence-electron chi connectivity index (χ4n) is 2.72. The Bertz CT molecular complexity index is 243. The van der Waals surface area contributed by atoms with Crippen molar-refractivity contribution in [3.05, 3.63) is 0 Å². The Labute approximate surface area is 125 Å². The zero-order chi connectivity index (χ0) is 14.5. The van der Waals surface area contributed by atoms with Crippen molar-refractivity contribution in [2.45, 2.75) is 77.6 Å². The lowest BCUT2D eigenvalue weighted by atomic mass is 10.1. The molecule has 0 aliphatic carbocycles. The van der Waals surface area contributed by atoms with E-state index in [0.717, 1.165) is 45.6 Å². The molecule has 1 fully saturated rings. The number of amides is 1. The molecule has 0 aromatic carbocycles. The second-order valence-electron chi connectivity index (χ2n) is 5.93. The van der Waals surface area contributed by atoms with Crippen molar-refractivity contribution in [2.24, 2.45) is 0 Å². The van der Waals surface area contributed by atoms with Crippen LogP contribution < -0.4 is 0 Å². The van der Waals surface area contributed by atoms with Gasteiger partial charge >= 0.3 is 0 Å². The van der Waals surface area contributed by atoms with Gasteiger partial charge in [-0.3, -0.25) is 4.79 Å². The van der Waals surface area contributed by atoms with Gasteiger partial charge in [0, 0.05) is 32.7 Å². The summed E-state index contributed by atoms with van der Waals surface area (Å²) in [5.41, 5.74) is 0. The molecule has 3 heteroatoms. The molecule has 3 nitrogen and oxygen atoms in total. The van der Waals surface area contributed by atoms with Gasteiger partial charge in [-0.05, 0) is 25.7 Å². The number of likely N-dealkylation sites (tertiary alicyclic amines) is 1. The Morgan fingerprint density at radius 2 is 1.70 bits per heavy atom. The number of ether oxygens (including phenoxy) is 1. The van der Waals surface area contributed by atoms with Gasteiger partial charge in [-0.1, -0.05) is 45.4 Å². The summed E-state index contributed by atoms with van der Waals surface area (Å²) < 4.78 is 5.66. The monoisotopic (exact) mass is 283 g/mol. The molecule has 1 amide bonds. The molecular weight excluding hydrogens is 250 g/mol. The van der Waals surface area contributed by atoms with E-state index in [9.17, 15) is 4.79 Å². The molecule has 0 spiro atoms. The number of unbranched alkanes of at least 4 members (excludes halogenated alkanes) is 5. The maximum absolute atomic E-state index is 11.8. The summed E-state index contributed by atoms with van der Waals surface area (Å²) in [5.74, 6) is 0.346.